The second-order valence-corrected chi connectivity index (χ2v) is 5.21. The molecule has 0 bridgehead atoms. The Kier molecular flexibility index (Phi) is 3.77. The monoisotopic (exact) mass is 255 g/mol. The molecule has 2 unspecified atom stereocenters. The summed E-state index contributed by atoms with van der Waals surface area (Å²) in [7, 11) is 0. The molecular weight excluding hydrogens is 238 g/mol. The van der Waals surface area contributed by atoms with E-state index in [4.69, 9.17) is 16.0 Å². The van der Waals surface area contributed by atoms with E-state index < -0.39 is 0 Å². The lowest BCUT2D eigenvalue weighted by atomic mass is 9.99. The lowest BCUT2D eigenvalue weighted by molar-refractivity contribution is 0.0653. The fraction of sp³-hybridized carbons (Fsp3) is 0.615. The van der Waals surface area contributed by atoms with Crippen LogP contribution in [0.4, 0.5) is 0 Å². The number of alkyl halides is 1. The first kappa shape index (κ1) is 12.5. The Hall–Kier alpha value is -0.960. The molecule has 3 nitrogen and oxygen atoms in total. The minimum absolute atomic E-state index is 0.0138. The van der Waals surface area contributed by atoms with Crippen molar-refractivity contribution >= 4 is 17.5 Å². The number of furan rings is 1. The normalized spacial score (nSPS) is 25.0. The quantitative estimate of drug-likeness (QED) is 0.762. The highest BCUT2D eigenvalue weighted by atomic mass is 35.5. The number of hydrogen-bond acceptors (Lipinski definition) is 2. The highest BCUT2D eigenvalue weighted by molar-refractivity contribution is 6.20. The number of carbonyl (C=O) groups excluding carboxylic acids is 1. The van der Waals surface area contributed by atoms with E-state index in [-0.39, 0.29) is 11.3 Å². The first-order valence-electron chi connectivity index (χ1n) is 6.14. The zero-order chi connectivity index (χ0) is 12.4. The second kappa shape index (κ2) is 5.13. The molecule has 4 heteroatoms. The second-order valence-electron chi connectivity index (χ2n) is 4.65. The zero-order valence-electron chi connectivity index (χ0n) is 10.3. The first-order valence-corrected chi connectivity index (χ1v) is 6.57. The number of piperidine rings is 1. The van der Waals surface area contributed by atoms with E-state index in [1.54, 1.807) is 6.07 Å². The Morgan fingerprint density at radius 3 is 2.94 bits per heavy atom. The van der Waals surface area contributed by atoms with Crippen molar-refractivity contribution in [3.05, 3.63) is 23.7 Å². The van der Waals surface area contributed by atoms with Gasteiger partial charge in [-0.3, -0.25) is 4.79 Å². The molecule has 0 radical (unpaired) electrons. The molecule has 1 aliphatic rings. The molecule has 2 heterocycles. The van der Waals surface area contributed by atoms with Crippen molar-refractivity contribution in [2.45, 2.75) is 32.1 Å². The molecule has 0 spiro atoms. The molecule has 0 N–H and O–H groups in total. The highest BCUT2D eigenvalue weighted by Gasteiger charge is 2.28. The molecule has 2 rings (SSSR count). The van der Waals surface area contributed by atoms with Crippen LogP contribution >= 0.6 is 11.6 Å². The van der Waals surface area contributed by atoms with Gasteiger partial charge in [0.15, 0.2) is 5.76 Å². The van der Waals surface area contributed by atoms with Crippen molar-refractivity contribution in [2.75, 3.05) is 13.1 Å². The molecule has 1 saturated heterocycles. The number of likely N-dealkylation sites (tertiary alicyclic amines) is 1. The van der Waals surface area contributed by atoms with E-state index in [2.05, 4.69) is 6.92 Å². The van der Waals surface area contributed by atoms with Crippen LogP contribution < -0.4 is 0 Å². The van der Waals surface area contributed by atoms with Gasteiger partial charge in [-0.05, 0) is 24.5 Å². The van der Waals surface area contributed by atoms with Gasteiger partial charge in [-0.15, -0.1) is 11.6 Å². The zero-order valence-corrected chi connectivity index (χ0v) is 11.0. The topological polar surface area (TPSA) is 33.5 Å². The van der Waals surface area contributed by atoms with Crippen LogP contribution in [0.2, 0.25) is 0 Å². The predicted molar refractivity (Wildman–Crippen MR) is 67.4 cm³/mol. The molecular formula is C13H18ClNO2. The standard InChI is InChI=1S/C13H18ClNO2/c1-3-10-4-5-12(17-10)13(16)15-7-6-11(14)9(2)8-15/h4-5,9,11H,3,6-8H2,1-2H3. The third-order valence-corrected chi connectivity index (χ3v) is 3.96. The van der Waals surface area contributed by atoms with Gasteiger partial charge in [0.05, 0.1) is 0 Å². The van der Waals surface area contributed by atoms with E-state index in [0.717, 1.165) is 31.7 Å². The summed E-state index contributed by atoms with van der Waals surface area (Å²) in [4.78, 5) is 14.0. The molecule has 1 aromatic heterocycles. The number of carbonyl (C=O) groups is 1. The van der Waals surface area contributed by atoms with Gasteiger partial charge in [0.1, 0.15) is 5.76 Å². The van der Waals surface area contributed by atoms with E-state index in [0.29, 0.717) is 11.7 Å². The molecule has 0 saturated carbocycles. The minimum Gasteiger partial charge on any atom is -0.456 e. The van der Waals surface area contributed by atoms with Gasteiger partial charge in [-0.25, -0.2) is 0 Å². The molecule has 1 fully saturated rings. The maximum Gasteiger partial charge on any atom is 0.289 e. The van der Waals surface area contributed by atoms with Crippen LogP contribution in [-0.2, 0) is 6.42 Å². The third kappa shape index (κ3) is 2.65. The average molecular weight is 256 g/mol. The van der Waals surface area contributed by atoms with Gasteiger partial charge in [-0.1, -0.05) is 13.8 Å². The van der Waals surface area contributed by atoms with Crippen LogP contribution in [0, 0.1) is 5.92 Å². The third-order valence-electron chi connectivity index (χ3n) is 3.31. The first-order chi connectivity index (χ1) is 8.11. The Labute approximate surface area is 107 Å². The number of amides is 1. The van der Waals surface area contributed by atoms with E-state index in [1.165, 1.54) is 0 Å². The Morgan fingerprint density at radius 1 is 1.59 bits per heavy atom. The lowest BCUT2D eigenvalue weighted by Gasteiger charge is -2.33. The van der Waals surface area contributed by atoms with Crippen LogP contribution in [0.5, 0.6) is 0 Å². The summed E-state index contributed by atoms with van der Waals surface area (Å²) in [6, 6.07) is 3.63. The summed E-state index contributed by atoms with van der Waals surface area (Å²) >= 11 is 6.15. The fourth-order valence-electron chi connectivity index (χ4n) is 2.14. The molecule has 1 aromatic rings. The molecule has 17 heavy (non-hydrogen) atoms. The van der Waals surface area contributed by atoms with Crippen molar-refractivity contribution in [3.63, 3.8) is 0 Å². The summed E-state index contributed by atoms with van der Waals surface area (Å²) in [5, 5.41) is 0.182. The number of hydrogen-bond donors (Lipinski definition) is 0. The van der Waals surface area contributed by atoms with Gasteiger partial charge < -0.3 is 9.32 Å². The SMILES string of the molecule is CCc1ccc(C(=O)N2CCC(Cl)C(C)C2)o1. The highest BCUT2D eigenvalue weighted by Crippen LogP contribution is 2.23. The largest absolute Gasteiger partial charge is 0.456 e. The Bertz CT molecular complexity index is 402. The van der Waals surface area contributed by atoms with Gasteiger partial charge in [0, 0.05) is 24.9 Å². The van der Waals surface area contributed by atoms with E-state index in [1.807, 2.05) is 17.9 Å². The summed E-state index contributed by atoms with van der Waals surface area (Å²) in [6.07, 6.45) is 1.67. The van der Waals surface area contributed by atoms with Gasteiger partial charge in [0.25, 0.3) is 5.91 Å². The number of aryl methyl sites for hydroxylation is 1. The smallest absolute Gasteiger partial charge is 0.289 e. The van der Waals surface area contributed by atoms with Crippen molar-refractivity contribution in [1.29, 1.82) is 0 Å². The van der Waals surface area contributed by atoms with Gasteiger partial charge in [0.2, 0.25) is 0 Å². The minimum atomic E-state index is -0.0138. The van der Waals surface area contributed by atoms with Gasteiger partial charge in [-0.2, -0.15) is 0 Å². The number of nitrogens with zero attached hydrogens (tertiary/aromatic N) is 1. The molecule has 2 atom stereocenters. The van der Waals surface area contributed by atoms with Crippen molar-refractivity contribution in [1.82, 2.24) is 4.90 Å². The Morgan fingerprint density at radius 2 is 2.35 bits per heavy atom. The summed E-state index contributed by atoms with van der Waals surface area (Å²) < 4.78 is 5.49. The fourth-order valence-corrected chi connectivity index (χ4v) is 2.32. The van der Waals surface area contributed by atoms with Crippen LogP contribution in [0.15, 0.2) is 16.5 Å². The average Bonchev–Trinajstić information content (AvgIpc) is 2.80. The van der Waals surface area contributed by atoms with Crippen molar-refractivity contribution in [3.8, 4) is 0 Å². The molecule has 1 aliphatic heterocycles. The van der Waals surface area contributed by atoms with Crippen LogP contribution in [0.3, 0.4) is 0 Å². The molecule has 94 valence electrons. The maximum absolute atomic E-state index is 12.2. The summed E-state index contributed by atoms with van der Waals surface area (Å²) in [6.45, 7) is 5.53. The lowest BCUT2D eigenvalue weighted by Crippen LogP contribution is -2.43. The molecule has 1 amide bonds. The Balaban J connectivity index is 2.05. The summed E-state index contributed by atoms with van der Waals surface area (Å²) in [5.74, 6) is 1.63. The maximum atomic E-state index is 12.2. The van der Waals surface area contributed by atoms with Gasteiger partial charge >= 0.3 is 0 Å². The molecule has 0 aliphatic carbocycles. The number of halogens is 1. The van der Waals surface area contributed by atoms with Crippen LogP contribution in [0.1, 0.15) is 36.6 Å². The van der Waals surface area contributed by atoms with Crippen molar-refractivity contribution < 1.29 is 9.21 Å². The molecule has 0 aromatic carbocycles. The van der Waals surface area contributed by atoms with Crippen LogP contribution in [0.25, 0.3) is 0 Å². The van der Waals surface area contributed by atoms with E-state index >= 15 is 0 Å². The van der Waals surface area contributed by atoms with Crippen molar-refractivity contribution in [2.24, 2.45) is 5.92 Å². The van der Waals surface area contributed by atoms with E-state index in [9.17, 15) is 4.79 Å². The van der Waals surface area contributed by atoms with Crippen LogP contribution in [-0.4, -0.2) is 29.3 Å². The summed E-state index contributed by atoms with van der Waals surface area (Å²) in [5.41, 5.74) is 0. The number of rotatable bonds is 2. The predicted octanol–water partition coefficient (Wildman–Crippen LogP) is 2.93.